The molecule has 25 heavy (non-hydrogen) atoms. The van der Waals surface area contributed by atoms with Gasteiger partial charge in [-0.05, 0) is 67.8 Å². The number of nitrogens with zero attached hydrogens (tertiary/aromatic N) is 1. The normalized spacial score (nSPS) is 15.2. The van der Waals surface area contributed by atoms with E-state index in [2.05, 4.69) is 0 Å². The minimum absolute atomic E-state index is 0.134. The van der Waals surface area contributed by atoms with Crippen molar-refractivity contribution in [1.29, 1.82) is 0 Å². The van der Waals surface area contributed by atoms with Gasteiger partial charge in [-0.3, -0.25) is 4.79 Å². The lowest BCUT2D eigenvalue weighted by molar-refractivity contribution is -0.117. The van der Waals surface area contributed by atoms with Crippen LogP contribution in [0.5, 0.6) is 5.75 Å². The monoisotopic (exact) mass is 356 g/mol. The van der Waals surface area contributed by atoms with Crippen LogP contribution in [0.2, 0.25) is 5.02 Å². The van der Waals surface area contributed by atoms with Gasteiger partial charge in [-0.15, -0.1) is 0 Å². The van der Waals surface area contributed by atoms with Gasteiger partial charge in [0.1, 0.15) is 0 Å². The zero-order valence-corrected chi connectivity index (χ0v) is 14.9. The molecule has 0 saturated carbocycles. The van der Waals surface area contributed by atoms with Crippen molar-refractivity contribution >= 4 is 29.3 Å². The van der Waals surface area contributed by atoms with Crippen molar-refractivity contribution < 1.29 is 9.53 Å². The first kappa shape index (κ1) is 17.5. The molecule has 1 heterocycles. The van der Waals surface area contributed by atoms with Crippen molar-refractivity contribution in [3.63, 3.8) is 0 Å². The number of hydrogen-bond donors (Lipinski definition) is 1. The van der Waals surface area contributed by atoms with E-state index in [0.29, 0.717) is 29.6 Å². The number of halogens is 1. The second kappa shape index (κ2) is 7.72. The van der Waals surface area contributed by atoms with Crippen molar-refractivity contribution in [3.05, 3.63) is 64.4 Å². The Bertz CT molecular complexity index is 800. The van der Waals surface area contributed by atoms with Crippen molar-refractivity contribution in [2.24, 2.45) is 5.73 Å². The highest BCUT2D eigenvalue weighted by atomic mass is 35.5. The average Bonchev–Trinajstić information content (AvgIpc) is 2.60. The van der Waals surface area contributed by atoms with Gasteiger partial charge in [-0.1, -0.05) is 29.8 Å². The van der Waals surface area contributed by atoms with E-state index in [9.17, 15) is 4.79 Å². The molecule has 1 aliphatic rings. The smallest absolute Gasteiger partial charge is 0.294 e. The largest absolute Gasteiger partial charge is 0.449 e. The van der Waals surface area contributed by atoms with Gasteiger partial charge < -0.3 is 15.4 Å². The molecule has 1 aliphatic heterocycles. The highest BCUT2D eigenvalue weighted by Crippen LogP contribution is 2.36. The van der Waals surface area contributed by atoms with Crippen LogP contribution < -0.4 is 15.4 Å². The van der Waals surface area contributed by atoms with Crippen LogP contribution in [0, 0.1) is 6.92 Å². The van der Waals surface area contributed by atoms with Gasteiger partial charge in [0, 0.05) is 11.6 Å². The second-order valence-corrected chi connectivity index (χ2v) is 6.52. The molecular formula is C20H21ClN2O2. The molecule has 2 N–H and O–H groups in total. The molecule has 0 aliphatic carbocycles. The third-order valence-electron chi connectivity index (χ3n) is 4.08. The molecule has 0 spiro atoms. The number of ether oxygens (including phenoxy) is 1. The summed E-state index contributed by atoms with van der Waals surface area (Å²) in [5, 5.41) is 0.655. The van der Waals surface area contributed by atoms with Crippen molar-refractivity contribution in [1.82, 2.24) is 0 Å². The number of aryl methyl sites for hydroxylation is 1. The predicted molar refractivity (Wildman–Crippen MR) is 102 cm³/mol. The van der Waals surface area contributed by atoms with Gasteiger partial charge in [0.25, 0.3) is 5.91 Å². The van der Waals surface area contributed by atoms with Crippen LogP contribution in [0.3, 0.4) is 0 Å². The number of carbonyl (C=O) groups excluding carboxylic acids is 1. The van der Waals surface area contributed by atoms with Crippen LogP contribution in [0.1, 0.15) is 24.0 Å². The van der Waals surface area contributed by atoms with Crippen LogP contribution in [0.25, 0.3) is 6.08 Å². The summed E-state index contributed by atoms with van der Waals surface area (Å²) in [4.78, 5) is 14.7. The molecule has 5 heteroatoms. The lowest BCUT2D eigenvalue weighted by atomic mass is 10.1. The molecule has 130 valence electrons. The van der Waals surface area contributed by atoms with Crippen molar-refractivity contribution in [3.8, 4) is 5.75 Å². The van der Waals surface area contributed by atoms with Gasteiger partial charge >= 0.3 is 0 Å². The topological polar surface area (TPSA) is 55.6 Å². The number of amides is 1. The van der Waals surface area contributed by atoms with E-state index in [1.165, 1.54) is 0 Å². The lowest BCUT2D eigenvalue weighted by Gasteiger charge is -2.31. The number of carbonyl (C=O) groups is 1. The summed E-state index contributed by atoms with van der Waals surface area (Å²) in [5.41, 5.74) is 8.36. The summed E-state index contributed by atoms with van der Waals surface area (Å²) < 4.78 is 5.88. The number of unbranched alkanes of at least 4 members (excludes halogenated alkanes) is 1. The maximum absolute atomic E-state index is 12.9. The average molecular weight is 357 g/mol. The Hall–Kier alpha value is -2.30. The number of anilines is 1. The van der Waals surface area contributed by atoms with Gasteiger partial charge in [0.05, 0.1) is 5.69 Å². The van der Waals surface area contributed by atoms with E-state index in [0.717, 1.165) is 29.7 Å². The molecule has 1 amide bonds. The van der Waals surface area contributed by atoms with Crippen LogP contribution in [-0.2, 0) is 4.79 Å². The van der Waals surface area contributed by atoms with Crippen LogP contribution in [0.4, 0.5) is 5.69 Å². The Morgan fingerprint density at radius 2 is 1.92 bits per heavy atom. The third-order valence-corrected chi connectivity index (χ3v) is 4.34. The quantitative estimate of drug-likeness (QED) is 0.646. The van der Waals surface area contributed by atoms with E-state index in [4.69, 9.17) is 22.1 Å². The van der Waals surface area contributed by atoms with E-state index in [1.54, 1.807) is 23.1 Å². The standard InChI is InChI=1S/C20H21ClN2O2/c1-14-4-9-18-17(12-14)23(11-3-2-10-22)20(24)19(25-18)13-15-5-7-16(21)8-6-15/h4-9,12-13H,2-3,10-11,22H2,1H3/b19-13+. The van der Waals surface area contributed by atoms with E-state index in [1.807, 2.05) is 37.3 Å². The van der Waals surface area contributed by atoms with Gasteiger partial charge in [0.2, 0.25) is 0 Å². The van der Waals surface area contributed by atoms with E-state index in [-0.39, 0.29) is 5.91 Å². The minimum Gasteiger partial charge on any atom is -0.449 e. The Kier molecular flexibility index (Phi) is 5.41. The Morgan fingerprint density at radius 3 is 2.64 bits per heavy atom. The molecule has 2 aromatic carbocycles. The number of fused-ring (bicyclic) bond motifs is 1. The van der Waals surface area contributed by atoms with Gasteiger partial charge in [0.15, 0.2) is 11.5 Å². The van der Waals surface area contributed by atoms with Gasteiger partial charge in [-0.2, -0.15) is 0 Å². The number of hydrogen-bond acceptors (Lipinski definition) is 3. The Labute approximate surface area is 152 Å². The molecule has 0 bridgehead atoms. The van der Waals surface area contributed by atoms with Crippen LogP contribution >= 0.6 is 11.6 Å². The zero-order chi connectivity index (χ0) is 17.8. The highest BCUT2D eigenvalue weighted by molar-refractivity contribution is 6.30. The molecule has 0 saturated heterocycles. The molecule has 0 fully saturated rings. The first-order chi connectivity index (χ1) is 12.1. The van der Waals surface area contributed by atoms with Crippen molar-refractivity contribution in [2.75, 3.05) is 18.0 Å². The molecule has 0 aromatic heterocycles. The summed E-state index contributed by atoms with van der Waals surface area (Å²) in [6.07, 6.45) is 3.48. The fourth-order valence-electron chi connectivity index (χ4n) is 2.77. The number of rotatable bonds is 5. The lowest BCUT2D eigenvalue weighted by Crippen LogP contribution is -2.38. The molecular weight excluding hydrogens is 336 g/mol. The summed E-state index contributed by atoms with van der Waals surface area (Å²) in [6, 6.07) is 13.2. The number of benzene rings is 2. The minimum atomic E-state index is -0.134. The summed E-state index contributed by atoms with van der Waals surface area (Å²) in [6.45, 7) is 3.24. The first-order valence-corrected chi connectivity index (χ1v) is 8.74. The van der Waals surface area contributed by atoms with Crippen LogP contribution in [-0.4, -0.2) is 19.0 Å². The summed E-state index contributed by atoms with van der Waals surface area (Å²) >= 11 is 5.92. The number of nitrogens with two attached hydrogens (primary N) is 1. The highest BCUT2D eigenvalue weighted by Gasteiger charge is 2.30. The summed E-state index contributed by atoms with van der Waals surface area (Å²) in [7, 11) is 0. The molecule has 4 nitrogen and oxygen atoms in total. The molecule has 0 unspecified atom stereocenters. The van der Waals surface area contributed by atoms with Crippen molar-refractivity contribution in [2.45, 2.75) is 19.8 Å². The fraction of sp³-hybridized carbons (Fsp3) is 0.250. The Morgan fingerprint density at radius 1 is 1.16 bits per heavy atom. The van der Waals surface area contributed by atoms with Crippen LogP contribution in [0.15, 0.2) is 48.2 Å². The van der Waals surface area contributed by atoms with E-state index < -0.39 is 0 Å². The van der Waals surface area contributed by atoms with Gasteiger partial charge in [-0.25, -0.2) is 0 Å². The SMILES string of the molecule is Cc1ccc2c(c1)N(CCCCN)C(=O)/C(=C\c1ccc(Cl)cc1)O2. The maximum Gasteiger partial charge on any atom is 0.294 e. The zero-order valence-electron chi connectivity index (χ0n) is 14.2. The molecule has 3 rings (SSSR count). The summed E-state index contributed by atoms with van der Waals surface area (Å²) in [5.74, 6) is 0.870. The second-order valence-electron chi connectivity index (χ2n) is 6.09. The molecule has 0 radical (unpaired) electrons. The molecule has 0 atom stereocenters. The fourth-order valence-corrected chi connectivity index (χ4v) is 2.89. The molecule has 2 aromatic rings. The Balaban J connectivity index is 1.95. The predicted octanol–water partition coefficient (Wildman–Crippen LogP) is 4.15. The third kappa shape index (κ3) is 4.03. The van der Waals surface area contributed by atoms with E-state index >= 15 is 0 Å². The first-order valence-electron chi connectivity index (χ1n) is 8.36. The maximum atomic E-state index is 12.9.